The highest BCUT2D eigenvalue weighted by atomic mass is 35.5. The summed E-state index contributed by atoms with van der Waals surface area (Å²) in [4.78, 5) is 13.4. The van der Waals surface area contributed by atoms with E-state index in [1.54, 1.807) is 24.0 Å². The third-order valence-corrected chi connectivity index (χ3v) is 3.46. The van der Waals surface area contributed by atoms with E-state index in [0.29, 0.717) is 28.7 Å². The smallest absolute Gasteiger partial charge is 0.254 e. The summed E-state index contributed by atoms with van der Waals surface area (Å²) in [6.07, 6.45) is -0.402. The summed E-state index contributed by atoms with van der Waals surface area (Å²) in [5.41, 5.74) is 1.23. The minimum Gasteiger partial charge on any atom is -0.389 e. The maximum Gasteiger partial charge on any atom is 0.254 e. The first-order chi connectivity index (χ1) is 7.49. The summed E-state index contributed by atoms with van der Waals surface area (Å²) >= 11 is 11.9. The minimum atomic E-state index is -0.402. The molecule has 1 amide bonds. The molecule has 1 aliphatic rings. The SMILES string of the molecule is Cc1c(Cl)cc(C(=O)N2CC(O)C2)cc1Cl. The summed E-state index contributed by atoms with van der Waals surface area (Å²) in [7, 11) is 0. The summed E-state index contributed by atoms with van der Waals surface area (Å²) < 4.78 is 0. The monoisotopic (exact) mass is 259 g/mol. The average Bonchev–Trinajstić information content (AvgIpc) is 2.19. The van der Waals surface area contributed by atoms with Crippen molar-refractivity contribution in [2.45, 2.75) is 13.0 Å². The zero-order valence-electron chi connectivity index (χ0n) is 8.70. The third kappa shape index (κ3) is 2.03. The number of carbonyl (C=O) groups is 1. The summed E-state index contributed by atoms with van der Waals surface area (Å²) in [6.45, 7) is 2.55. The van der Waals surface area contributed by atoms with Gasteiger partial charge in [-0.25, -0.2) is 0 Å². The van der Waals surface area contributed by atoms with Gasteiger partial charge in [-0.1, -0.05) is 23.2 Å². The lowest BCUT2D eigenvalue weighted by Crippen LogP contribution is -2.53. The number of hydrogen-bond donors (Lipinski definition) is 1. The van der Waals surface area contributed by atoms with Gasteiger partial charge in [0.2, 0.25) is 0 Å². The highest BCUT2D eigenvalue weighted by Gasteiger charge is 2.29. The molecular formula is C11H11Cl2NO2. The molecule has 16 heavy (non-hydrogen) atoms. The Morgan fingerprint density at radius 1 is 1.38 bits per heavy atom. The molecule has 1 aromatic rings. The lowest BCUT2D eigenvalue weighted by molar-refractivity contribution is 0.00589. The van der Waals surface area contributed by atoms with Gasteiger partial charge >= 0.3 is 0 Å². The van der Waals surface area contributed by atoms with Gasteiger partial charge in [0.15, 0.2) is 0 Å². The van der Waals surface area contributed by atoms with E-state index in [1.165, 1.54) is 0 Å². The molecule has 0 radical (unpaired) electrons. The van der Waals surface area contributed by atoms with Crippen LogP contribution in [-0.2, 0) is 0 Å². The number of carbonyl (C=O) groups excluding carboxylic acids is 1. The Hall–Kier alpha value is -0.770. The number of rotatable bonds is 1. The van der Waals surface area contributed by atoms with Crippen LogP contribution in [0.15, 0.2) is 12.1 Å². The number of nitrogens with zero attached hydrogens (tertiary/aromatic N) is 1. The molecule has 1 fully saturated rings. The molecule has 1 saturated heterocycles. The van der Waals surface area contributed by atoms with Crippen molar-refractivity contribution in [3.05, 3.63) is 33.3 Å². The minimum absolute atomic E-state index is 0.144. The number of aliphatic hydroxyl groups excluding tert-OH is 1. The number of hydrogen-bond acceptors (Lipinski definition) is 2. The van der Waals surface area contributed by atoms with Gasteiger partial charge in [0, 0.05) is 28.7 Å². The maximum absolute atomic E-state index is 11.9. The van der Waals surface area contributed by atoms with Gasteiger partial charge < -0.3 is 10.0 Å². The van der Waals surface area contributed by atoms with E-state index in [1.807, 2.05) is 0 Å². The van der Waals surface area contributed by atoms with Crippen LogP contribution in [-0.4, -0.2) is 35.1 Å². The van der Waals surface area contributed by atoms with Gasteiger partial charge in [0.25, 0.3) is 5.91 Å². The fraction of sp³-hybridized carbons (Fsp3) is 0.364. The van der Waals surface area contributed by atoms with Crippen molar-refractivity contribution in [1.82, 2.24) is 4.90 Å². The van der Waals surface area contributed by atoms with E-state index in [4.69, 9.17) is 28.3 Å². The number of β-amino-alcohol motifs (C(OH)–C–C–N with tert-alkyl or cyclic N) is 1. The second-order valence-corrected chi connectivity index (χ2v) is 4.74. The molecule has 3 nitrogen and oxygen atoms in total. The van der Waals surface area contributed by atoms with Crippen molar-refractivity contribution >= 4 is 29.1 Å². The number of aliphatic hydroxyl groups is 1. The lowest BCUT2D eigenvalue weighted by atomic mass is 10.1. The number of amides is 1. The third-order valence-electron chi connectivity index (χ3n) is 2.68. The number of likely N-dealkylation sites (tertiary alicyclic amines) is 1. The van der Waals surface area contributed by atoms with Crippen LogP contribution >= 0.6 is 23.2 Å². The highest BCUT2D eigenvalue weighted by molar-refractivity contribution is 6.36. The molecule has 1 N–H and O–H groups in total. The van der Waals surface area contributed by atoms with Crippen molar-refractivity contribution in [3.63, 3.8) is 0 Å². The Labute approximate surface area is 104 Å². The molecule has 0 aliphatic carbocycles. The molecule has 0 atom stereocenters. The van der Waals surface area contributed by atoms with Crippen LogP contribution in [0.25, 0.3) is 0 Å². The van der Waals surface area contributed by atoms with Crippen molar-refractivity contribution in [3.8, 4) is 0 Å². The molecular weight excluding hydrogens is 249 g/mol. The summed E-state index contributed by atoms with van der Waals surface area (Å²) in [5.74, 6) is -0.144. The first-order valence-electron chi connectivity index (χ1n) is 4.92. The maximum atomic E-state index is 11.9. The van der Waals surface area contributed by atoms with Gasteiger partial charge in [-0.3, -0.25) is 4.79 Å². The predicted octanol–water partition coefficient (Wildman–Crippen LogP) is 2.12. The van der Waals surface area contributed by atoms with Crippen LogP contribution in [0.1, 0.15) is 15.9 Å². The predicted molar refractivity (Wildman–Crippen MR) is 63.1 cm³/mol. The summed E-state index contributed by atoms with van der Waals surface area (Å²) in [5, 5.41) is 10.1. The molecule has 1 aromatic carbocycles. The van der Waals surface area contributed by atoms with E-state index in [-0.39, 0.29) is 5.91 Å². The molecule has 0 saturated carbocycles. The topological polar surface area (TPSA) is 40.5 Å². The first-order valence-corrected chi connectivity index (χ1v) is 5.67. The number of benzene rings is 1. The Morgan fingerprint density at radius 2 is 1.88 bits per heavy atom. The fourth-order valence-electron chi connectivity index (χ4n) is 1.57. The molecule has 1 heterocycles. The zero-order chi connectivity index (χ0) is 11.9. The van der Waals surface area contributed by atoms with Crippen molar-refractivity contribution in [1.29, 1.82) is 0 Å². The van der Waals surface area contributed by atoms with E-state index in [0.717, 1.165) is 5.56 Å². The van der Waals surface area contributed by atoms with Crippen molar-refractivity contribution in [2.75, 3.05) is 13.1 Å². The van der Waals surface area contributed by atoms with Crippen LogP contribution in [0.3, 0.4) is 0 Å². The van der Waals surface area contributed by atoms with Crippen LogP contribution in [0.5, 0.6) is 0 Å². The van der Waals surface area contributed by atoms with E-state index >= 15 is 0 Å². The van der Waals surface area contributed by atoms with Gasteiger partial charge in [-0.2, -0.15) is 0 Å². The molecule has 2 rings (SSSR count). The quantitative estimate of drug-likeness (QED) is 0.840. The van der Waals surface area contributed by atoms with E-state index in [2.05, 4.69) is 0 Å². The molecule has 86 valence electrons. The molecule has 5 heteroatoms. The standard InChI is InChI=1S/C11H11Cl2NO2/c1-6-9(12)2-7(3-10(6)13)11(16)14-4-8(15)5-14/h2-3,8,15H,4-5H2,1H3. The van der Waals surface area contributed by atoms with Crippen LogP contribution in [0, 0.1) is 6.92 Å². The van der Waals surface area contributed by atoms with Gasteiger partial charge in [-0.05, 0) is 24.6 Å². The average molecular weight is 260 g/mol. The highest BCUT2D eigenvalue weighted by Crippen LogP contribution is 2.26. The normalized spacial score (nSPS) is 16.1. The van der Waals surface area contributed by atoms with Gasteiger partial charge in [0.05, 0.1) is 6.10 Å². The van der Waals surface area contributed by atoms with Crippen LogP contribution in [0.2, 0.25) is 10.0 Å². The van der Waals surface area contributed by atoms with Crippen LogP contribution in [0.4, 0.5) is 0 Å². The summed E-state index contributed by atoms with van der Waals surface area (Å²) in [6, 6.07) is 3.21. The first kappa shape index (κ1) is 11.7. The second kappa shape index (κ2) is 4.24. The van der Waals surface area contributed by atoms with Gasteiger partial charge in [0.1, 0.15) is 0 Å². The van der Waals surface area contributed by atoms with E-state index < -0.39 is 6.10 Å². The molecule has 0 aromatic heterocycles. The molecule has 0 spiro atoms. The Morgan fingerprint density at radius 3 is 2.31 bits per heavy atom. The molecule has 0 unspecified atom stereocenters. The fourth-order valence-corrected chi connectivity index (χ4v) is 2.06. The Bertz CT molecular complexity index is 419. The zero-order valence-corrected chi connectivity index (χ0v) is 10.2. The Kier molecular flexibility index (Phi) is 3.10. The second-order valence-electron chi connectivity index (χ2n) is 3.93. The molecule has 1 aliphatic heterocycles. The largest absolute Gasteiger partial charge is 0.389 e. The van der Waals surface area contributed by atoms with Crippen molar-refractivity contribution in [2.24, 2.45) is 0 Å². The van der Waals surface area contributed by atoms with Crippen molar-refractivity contribution < 1.29 is 9.90 Å². The Balaban J connectivity index is 2.24. The van der Waals surface area contributed by atoms with Gasteiger partial charge in [-0.15, -0.1) is 0 Å². The number of halogens is 2. The van der Waals surface area contributed by atoms with E-state index in [9.17, 15) is 4.79 Å². The van der Waals surface area contributed by atoms with Crippen LogP contribution < -0.4 is 0 Å². The lowest BCUT2D eigenvalue weighted by Gasteiger charge is -2.35. The molecule has 0 bridgehead atoms.